The molecule has 0 aromatic heterocycles. The van der Waals surface area contributed by atoms with E-state index in [0.717, 1.165) is 38.4 Å². The molecule has 0 amide bonds. The average Bonchev–Trinajstić information content (AvgIpc) is 2.85. The Morgan fingerprint density at radius 3 is 2.06 bits per heavy atom. The number of hydrogen-bond donors (Lipinski definition) is 1. The summed E-state index contributed by atoms with van der Waals surface area (Å²) in [6.07, 6.45) is 0. The molecule has 2 aliphatic rings. The molecule has 1 N–H and O–H groups in total. The molecule has 2 aromatic carbocycles. The molecular weight excluding hydrogens is 464 g/mol. The third kappa shape index (κ3) is 5.33. The number of rotatable bonds is 7. The van der Waals surface area contributed by atoms with Crippen molar-refractivity contribution in [3.05, 3.63) is 48.5 Å². The second-order valence-corrected chi connectivity index (χ2v) is 11.7. The molecule has 9 nitrogen and oxygen atoms in total. The van der Waals surface area contributed by atoms with E-state index in [9.17, 15) is 16.8 Å². The van der Waals surface area contributed by atoms with Crippen molar-refractivity contribution < 1.29 is 21.6 Å². The van der Waals surface area contributed by atoms with Crippen molar-refractivity contribution in [1.29, 1.82) is 0 Å². The monoisotopic (exact) mass is 494 g/mol. The number of nitrogens with zero attached hydrogens (tertiary/aromatic N) is 3. The molecule has 2 fully saturated rings. The summed E-state index contributed by atoms with van der Waals surface area (Å²) in [6.45, 7) is 7.90. The van der Waals surface area contributed by atoms with E-state index in [-0.39, 0.29) is 22.9 Å². The molecule has 0 radical (unpaired) electrons. The molecule has 2 aliphatic heterocycles. The van der Waals surface area contributed by atoms with Crippen LogP contribution in [-0.4, -0.2) is 85.1 Å². The van der Waals surface area contributed by atoms with Gasteiger partial charge in [-0.3, -0.25) is 4.72 Å². The number of sulfonamides is 2. The van der Waals surface area contributed by atoms with Gasteiger partial charge in [0.2, 0.25) is 10.0 Å². The lowest BCUT2D eigenvalue weighted by Gasteiger charge is -2.36. The number of nitrogens with one attached hydrogen (secondary N) is 1. The van der Waals surface area contributed by atoms with E-state index in [0.29, 0.717) is 18.9 Å². The Balaban J connectivity index is 1.52. The summed E-state index contributed by atoms with van der Waals surface area (Å²) in [7, 11) is -7.58. The van der Waals surface area contributed by atoms with Gasteiger partial charge in [-0.25, -0.2) is 16.8 Å². The molecular formula is C22H30N4O5S2. The van der Waals surface area contributed by atoms with Crippen LogP contribution >= 0.6 is 0 Å². The smallest absolute Gasteiger partial charge is 0.261 e. The zero-order chi connectivity index (χ0) is 23.5. The fourth-order valence-corrected chi connectivity index (χ4v) is 6.55. The Morgan fingerprint density at radius 2 is 1.42 bits per heavy atom. The molecule has 180 valence electrons. The molecule has 0 bridgehead atoms. The van der Waals surface area contributed by atoms with Gasteiger partial charge < -0.3 is 14.5 Å². The van der Waals surface area contributed by atoms with Gasteiger partial charge in [-0.1, -0.05) is 19.1 Å². The molecule has 0 unspecified atom stereocenters. The molecule has 2 saturated heterocycles. The maximum atomic E-state index is 13.1. The van der Waals surface area contributed by atoms with Crippen molar-refractivity contribution in [3.63, 3.8) is 0 Å². The van der Waals surface area contributed by atoms with Gasteiger partial charge in [-0.15, -0.1) is 0 Å². The number of piperazine rings is 1. The number of likely N-dealkylation sites (N-methyl/N-ethyl adjacent to an activating group) is 1. The highest BCUT2D eigenvalue weighted by Gasteiger charge is 2.27. The highest BCUT2D eigenvalue weighted by atomic mass is 32.2. The van der Waals surface area contributed by atoms with Crippen LogP contribution in [0.1, 0.15) is 6.92 Å². The summed E-state index contributed by atoms with van der Waals surface area (Å²) >= 11 is 0. The summed E-state index contributed by atoms with van der Waals surface area (Å²) in [5, 5.41) is 0. The van der Waals surface area contributed by atoms with Gasteiger partial charge in [0.05, 0.1) is 34.4 Å². The minimum Gasteiger partial charge on any atom is -0.379 e. The first-order valence-corrected chi connectivity index (χ1v) is 14.0. The van der Waals surface area contributed by atoms with Crippen molar-refractivity contribution in [2.24, 2.45) is 0 Å². The maximum Gasteiger partial charge on any atom is 0.261 e. The first kappa shape index (κ1) is 24.0. The van der Waals surface area contributed by atoms with Gasteiger partial charge >= 0.3 is 0 Å². The van der Waals surface area contributed by atoms with E-state index < -0.39 is 20.0 Å². The largest absolute Gasteiger partial charge is 0.379 e. The molecule has 0 saturated carbocycles. The number of ether oxygens (including phenoxy) is 1. The van der Waals surface area contributed by atoms with Crippen LogP contribution in [0.4, 0.5) is 11.4 Å². The van der Waals surface area contributed by atoms with Crippen LogP contribution in [0.5, 0.6) is 0 Å². The van der Waals surface area contributed by atoms with Gasteiger partial charge in [-0.2, -0.15) is 4.31 Å². The molecule has 4 rings (SSSR count). The van der Waals surface area contributed by atoms with Gasteiger partial charge in [0.1, 0.15) is 0 Å². The lowest BCUT2D eigenvalue weighted by molar-refractivity contribution is 0.0730. The van der Waals surface area contributed by atoms with Crippen molar-refractivity contribution in [1.82, 2.24) is 9.21 Å². The first-order valence-electron chi connectivity index (χ1n) is 11.1. The summed E-state index contributed by atoms with van der Waals surface area (Å²) in [5.74, 6) is 0. The number of morpholine rings is 1. The Morgan fingerprint density at radius 1 is 0.818 bits per heavy atom. The molecule has 2 heterocycles. The fourth-order valence-electron chi connectivity index (χ4n) is 4.07. The Hall–Kier alpha value is -2.18. The molecule has 2 aromatic rings. The first-order chi connectivity index (χ1) is 15.8. The predicted octanol–water partition coefficient (Wildman–Crippen LogP) is 1.65. The Kier molecular flexibility index (Phi) is 7.25. The second kappa shape index (κ2) is 9.98. The number of para-hydroxylation sites is 2. The van der Waals surface area contributed by atoms with Crippen LogP contribution in [0.25, 0.3) is 0 Å². The summed E-state index contributed by atoms with van der Waals surface area (Å²) < 4.78 is 61.0. The Bertz CT molecular complexity index is 1160. The van der Waals surface area contributed by atoms with Crippen molar-refractivity contribution in [2.45, 2.75) is 16.7 Å². The quantitative estimate of drug-likeness (QED) is 0.625. The third-order valence-corrected chi connectivity index (χ3v) is 9.34. The average molecular weight is 495 g/mol. The Labute approximate surface area is 196 Å². The van der Waals surface area contributed by atoms with Crippen molar-refractivity contribution >= 4 is 31.4 Å². The second-order valence-electron chi connectivity index (χ2n) is 8.03. The lowest BCUT2D eigenvalue weighted by Crippen LogP contribution is -2.46. The summed E-state index contributed by atoms with van der Waals surface area (Å²) in [6, 6.07) is 12.7. The predicted molar refractivity (Wildman–Crippen MR) is 128 cm³/mol. The minimum atomic E-state index is -3.89. The van der Waals surface area contributed by atoms with Crippen molar-refractivity contribution in [3.8, 4) is 0 Å². The third-order valence-electron chi connectivity index (χ3n) is 6.05. The standard InChI is InChI=1S/C22H30N4O5S2/c1-2-24-11-13-25(14-12-24)22-6-4-3-5-21(22)23-32(27,28)19-7-9-20(10-8-19)33(29,30)26-15-17-31-18-16-26/h3-10,23H,2,11-18H2,1H3. The van der Waals surface area contributed by atoms with Crippen LogP contribution in [0.15, 0.2) is 58.3 Å². The fraction of sp³-hybridized carbons (Fsp3) is 0.455. The number of anilines is 2. The van der Waals surface area contributed by atoms with Crippen LogP contribution in [0.2, 0.25) is 0 Å². The highest BCUT2D eigenvalue weighted by molar-refractivity contribution is 7.92. The van der Waals surface area contributed by atoms with E-state index in [1.165, 1.54) is 28.6 Å². The molecule has 0 spiro atoms. The van der Waals surface area contributed by atoms with E-state index in [1.54, 1.807) is 12.1 Å². The SMILES string of the molecule is CCN1CCN(c2ccccc2NS(=O)(=O)c2ccc(S(=O)(=O)N3CCOCC3)cc2)CC1. The van der Waals surface area contributed by atoms with Gasteiger partial charge in [0.25, 0.3) is 10.0 Å². The van der Waals surface area contributed by atoms with Gasteiger partial charge in [0, 0.05) is 39.3 Å². The van der Waals surface area contributed by atoms with Crippen LogP contribution in [-0.2, 0) is 24.8 Å². The van der Waals surface area contributed by atoms with Crippen LogP contribution in [0.3, 0.4) is 0 Å². The minimum absolute atomic E-state index is 0.00836. The van der Waals surface area contributed by atoms with Crippen molar-refractivity contribution in [2.75, 3.05) is 68.6 Å². The molecule has 33 heavy (non-hydrogen) atoms. The molecule has 0 aliphatic carbocycles. The normalized spacial score (nSPS) is 18.9. The zero-order valence-electron chi connectivity index (χ0n) is 18.7. The number of benzene rings is 2. The highest BCUT2D eigenvalue weighted by Crippen LogP contribution is 2.29. The maximum absolute atomic E-state index is 13.1. The van der Waals surface area contributed by atoms with E-state index in [2.05, 4.69) is 21.4 Å². The molecule has 0 atom stereocenters. The van der Waals surface area contributed by atoms with Gasteiger partial charge in [-0.05, 0) is 42.9 Å². The van der Waals surface area contributed by atoms with Gasteiger partial charge in [0.15, 0.2) is 0 Å². The van der Waals surface area contributed by atoms with E-state index in [4.69, 9.17) is 4.74 Å². The summed E-state index contributed by atoms with van der Waals surface area (Å²) in [5.41, 5.74) is 1.34. The number of hydrogen-bond acceptors (Lipinski definition) is 7. The van der Waals surface area contributed by atoms with E-state index in [1.807, 2.05) is 12.1 Å². The summed E-state index contributed by atoms with van der Waals surface area (Å²) in [4.78, 5) is 4.62. The van der Waals surface area contributed by atoms with Crippen LogP contribution in [0, 0.1) is 0 Å². The zero-order valence-corrected chi connectivity index (χ0v) is 20.3. The topological polar surface area (TPSA) is 99.3 Å². The van der Waals surface area contributed by atoms with Crippen LogP contribution < -0.4 is 9.62 Å². The van der Waals surface area contributed by atoms with E-state index >= 15 is 0 Å². The molecule has 11 heteroatoms. The lowest BCUT2D eigenvalue weighted by atomic mass is 10.2.